The van der Waals surface area contributed by atoms with Gasteiger partial charge in [-0.25, -0.2) is 5.10 Å². The standard InChI is InChI=1S/C10H13F3N4O3/c1-5(3-20-4-7(14)18)16-6-2-15-17-9(19)8(6)10(11,12)13/h2,5H,3-4H2,1H3,(H2,14,18)(H2,16,17,19). The van der Waals surface area contributed by atoms with Crippen LogP contribution in [0, 0.1) is 0 Å². The van der Waals surface area contributed by atoms with Gasteiger partial charge in [-0.15, -0.1) is 0 Å². The van der Waals surface area contributed by atoms with E-state index in [4.69, 9.17) is 10.5 Å². The van der Waals surface area contributed by atoms with Gasteiger partial charge >= 0.3 is 6.18 Å². The maximum Gasteiger partial charge on any atom is 0.423 e. The van der Waals surface area contributed by atoms with E-state index in [1.54, 1.807) is 5.10 Å². The lowest BCUT2D eigenvalue weighted by Crippen LogP contribution is -2.30. The van der Waals surface area contributed by atoms with Crippen molar-refractivity contribution in [3.05, 3.63) is 22.1 Å². The van der Waals surface area contributed by atoms with Gasteiger partial charge in [-0.3, -0.25) is 9.59 Å². The lowest BCUT2D eigenvalue weighted by Gasteiger charge is -2.17. The quantitative estimate of drug-likeness (QED) is 0.689. The molecular formula is C10H13F3N4O3. The minimum atomic E-state index is -4.81. The molecule has 0 saturated carbocycles. The predicted molar refractivity (Wildman–Crippen MR) is 63.0 cm³/mol. The summed E-state index contributed by atoms with van der Waals surface area (Å²) in [6.07, 6.45) is -3.96. The van der Waals surface area contributed by atoms with E-state index >= 15 is 0 Å². The van der Waals surface area contributed by atoms with Gasteiger partial charge in [0.15, 0.2) is 0 Å². The molecule has 0 fully saturated rings. The molecule has 1 aromatic heterocycles. The molecule has 0 aliphatic rings. The molecule has 112 valence electrons. The van der Waals surface area contributed by atoms with Crippen molar-refractivity contribution in [3.8, 4) is 0 Å². The molecule has 0 radical (unpaired) electrons. The van der Waals surface area contributed by atoms with Crippen LogP contribution in [0.2, 0.25) is 0 Å². The van der Waals surface area contributed by atoms with Crippen molar-refractivity contribution in [1.29, 1.82) is 0 Å². The third-order valence-corrected chi connectivity index (χ3v) is 2.15. The number of halogens is 3. The number of carbonyl (C=O) groups is 1. The zero-order valence-corrected chi connectivity index (χ0v) is 10.5. The topological polar surface area (TPSA) is 110 Å². The number of carbonyl (C=O) groups excluding carboxylic acids is 1. The van der Waals surface area contributed by atoms with Crippen LogP contribution in [0.1, 0.15) is 12.5 Å². The fraction of sp³-hybridized carbons (Fsp3) is 0.500. The number of H-pyrrole nitrogens is 1. The summed E-state index contributed by atoms with van der Waals surface area (Å²) in [6.45, 7) is 1.11. The molecule has 7 nitrogen and oxygen atoms in total. The van der Waals surface area contributed by atoms with E-state index in [-0.39, 0.29) is 13.2 Å². The number of nitrogens with one attached hydrogen (secondary N) is 2. The number of ether oxygens (including phenoxy) is 1. The third kappa shape index (κ3) is 4.53. The average Bonchev–Trinajstić information content (AvgIpc) is 2.26. The van der Waals surface area contributed by atoms with Gasteiger partial charge < -0.3 is 15.8 Å². The fourth-order valence-electron chi connectivity index (χ4n) is 1.43. The monoisotopic (exact) mass is 294 g/mol. The van der Waals surface area contributed by atoms with E-state index < -0.39 is 34.9 Å². The third-order valence-electron chi connectivity index (χ3n) is 2.15. The highest BCUT2D eigenvalue weighted by molar-refractivity contribution is 5.74. The first-order chi connectivity index (χ1) is 9.21. The van der Waals surface area contributed by atoms with Crippen LogP contribution in [0.15, 0.2) is 11.0 Å². The van der Waals surface area contributed by atoms with Gasteiger partial charge in [0, 0.05) is 6.04 Å². The molecule has 0 aromatic carbocycles. The number of amides is 1. The minimum absolute atomic E-state index is 0.0625. The number of hydrogen-bond acceptors (Lipinski definition) is 5. The first-order valence-electron chi connectivity index (χ1n) is 5.49. The molecule has 1 heterocycles. The summed E-state index contributed by atoms with van der Waals surface area (Å²) in [4.78, 5) is 21.6. The van der Waals surface area contributed by atoms with Crippen LogP contribution in [0.25, 0.3) is 0 Å². The number of alkyl halides is 3. The molecule has 20 heavy (non-hydrogen) atoms. The lowest BCUT2D eigenvalue weighted by atomic mass is 10.2. The van der Waals surface area contributed by atoms with E-state index in [2.05, 4.69) is 10.4 Å². The summed E-state index contributed by atoms with van der Waals surface area (Å²) in [6, 6.07) is -0.584. The molecule has 1 aromatic rings. The van der Waals surface area contributed by atoms with Crippen LogP contribution in [0.3, 0.4) is 0 Å². The van der Waals surface area contributed by atoms with Gasteiger partial charge in [0.25, 0.3) is 5.56 Å². The molecule has 0 spiro atoms. The van der Waals surface area contributed by atoms with Gasteiger partial charge in [0.1, 0.15) is 12.2 Å². The van der Waals surface area contributed by atoms with Gasteiger partial charge in [-0.05, 0) is 6.92 Å². The molecule has 0 bridgehead atoms. The van der Waals surface area contributed by atoms with Crippen molar-refractivity contribution in [1.82, 2.24) is 10.2 Å². The Hall–Kier alpha value is -2.10. The number of aromatic nitrogens is 2. The van der Waals surface area contributed by atoms with Gasteiger partial charge in [0.05, 0.1) is 18.5 Å². The number of nitrogens with two attached hydrogens (primary N) is 1. The van der Waals surface area contributed by atoms with E-state index in [0.29, 0.717) is 0 Å². The lowest BCUT2D eigenvalue weighted by molar-refractivity contribution is -0.138. The Morgan fingerprint density at radius 2 is 2.25 bits per heavy atom. The molecule has 1 amide bonds. The number of primary amides is 1. The smallest absolute Gasteiger partial charge is 0.378 e. The summed E-state index contributed by atoms with van der Waals surface area (Å²) in [5.41, 5.74) is 1.68. The van der Waals surface area contributed by atoms with Gasteiger partial charge in [0.2, 0.25) is 5.91 Å². The zero-order chi connectivity index (χ0) is 15.3. The Morgan fingerprint density at radius 3 is 2.80 bits per heavy atom. The number of hydrogen-bond donors (Lipinski definition) is 3. The van der Waals surface area contributed by atoms with Crippen LogP contribution in [-0.2, 0) is 15.7 Å². The molecule has 0 aliphatic carbocycles. The largest absolute Gasteiger partial charge is 0.423 e. The molecule has 0 saturated heterocycles. The van der Waals surface area contributed by atoms with Gasteiger partial charge in [-0.2, -0.15) is 18.3 Å². The Labute approximate surface area is 111 Å². The number of rotatable bonds is 6. The normalized spacial score (nSPS) is 13.0. The van der Waals surface area contributed by atoms with Crippen molar-refractivity contribution in [2.24, 2.45) is 5.73 Å². The fourth-order valence-corrected chi connectivity index (χ4v) is 1.43. The first-order valence-corrected chi connectivity index (χ1v) is 5.49. The number of nitrogens with zero attached hydrogens (tertiary/aromatic N) is 1. The molecule has 0 aliphatic heterocycles. The highest BCUT2D eigenvalue weighted by Crippen LogP contribution is 2.31. The van der Waals surface area contributed by atoms with Crippen LogP contribution in [0.4, 0.5) is 18.9 Å². The SMILES string of the molecule is CC(COCC(N)=O)Nc1cn[nH]c(=O)c1C(F)(F)F. The highest BCUT2D eigenvalue weighted by Gasteiger charge is 2.37. The van der Waals surface area contributed by atoms with E-state index in [1.807, 2.05) is 0 Å². The van der Waals surface area contributed by atoms with Crippen LogP contribution in [-0.4, -0.2) is 35.4 Å². The van der Waals surface area contributed by atoms with E-state index in [9.17, 15) is 22.8 Å². The van der Waals surface area contributed by atoms with Crippen LogP contribution < -0.4 is 16.6 Å². The van der Waals surface area contributed by atoms with Gasteiger partial charge in [-0.1, -0.05) is 0 Å². The second kappa shape index (κ2) is 6.37. The van der Waals surface area contributed by atoms with Crippen molar-refractivity contribution < 1.29 is 22.7 Å². The van der Waals surface area contributed by atoms with E-state index in [1.165, 1.54) is 6.92 Å². The molecule has 1 atom stereocenters. The van der Waals surface area contributed by atoms with E-state index in [0.717, 1.165) is 6.20 Å². The van der Waals surface area contributed by atoms with Crippen molar-refractivity contribution >= 4 is 11.6 Å². The maximum atomic E-state index is 12.7. The average molecular weight is 294 g/mol. The Kier molecular flexibility index (Phi) is 5.08. The second-order valence-electron chi connectivity index (χ2n) is 4.01. The molecule has 4 N–H and O–H groups in total. The minimum Gasteiger partial charge on any atom is -0.378 e. The van der Waals surface area contributed by atoms with Crippen LogP contribution in [0.5, 0.6) is 0 Å². The summed E-state index contributed by atoms with van der Waals surface area (Å²) in [5.74, 6) is -0.689. The Morgan fingerprint density at radius 1 is 1.60 bits per heavy atom. The maximum absolute atomic E-state index is 12.7. The van der Waals surface area contributed by atoms with Crippen molar-refractivity contribution in [2.45, 2.75) is 19.1 Å². The summed E-state index contributed by atoms with van der Waals surface area (Å²) >= 11 is 0. The van der Waals surface area contributed by atoms with Crippen molar-refractivity contribution in [2.75, 3.05) is 18.5 Å². The number of anilines is 1. The first kappa shape index (κ1) is 16.0. The second-order valence-corrected chi connectivity index (χ2v) is 4.01. The summed E-state index contributed by atoms with van der Waals surface area (Å²) in [7, 11) is 0. The molecule has 1 unspecified atom stereocenters. The zero-order valence-electron chi connectivity index (χ0n) is 10.5. The molecule has 10 heteroatoms. The molecule has 1 rings (SSSR count). The Bertz CT molecular complexity index is 529. The number of aromatic amines is 1. The summed E-state index contributed by atoms with van der Waals surface area (Å²) < 4.78 is 43.1. The van der Waals surface area contributed by atoms with Crippen molar-refractivity contribution in [3.63, 3.8) is 0 Å². The Balaban J connectivity index is 2.80. The van der Waals surface area contributed by atoms with Crippen LogP contribution >= 0.6 is 0 Å². The summed E-state index contributed by atoms with van der Waals surface area (Å²) in [5, 5.41) is 7.48. The predicted octanol–water partition coefficient (Wildman–Crippen LogP) is 0.0910. The highest BCUT2D eigenvalue weighted by atomic mass is 19.4. The molecular weight excluding hydrogens is 281 g/mol.